The van der Waals surface area contributed by atoms with Gasteiger partial charge in [-0.15, -0.1) is 0 Å². The van der Waals surface area contributed by atoms with E-state index >= 15 is 0 Å². The van der Waals surface area contributed by atoms with Gasteiger partial charge in [0.2, 0.25) is 0 Å². The largest absolute Gasteiger partial charge is 0.465 e. The number of nitrogens with one attached hydrogen (secondary N) is 1. The number of carbonyl (C=O) groups excluding carboxylic acids is 1. The maximum Gasteiger partial charge on any atom is 0.337 e. The van der Waals surface area contributed by atoms with Crippen LogP contribution in [0.1, 0.15) is 15.9 Å². The molecule has 0 radical (unpaired) electrons. The summed E-state index contributed by atoms with van der Waals surface area (Å²) in [5, 5.41) is 24.8. The number of methoxy groups -OCH3 is 1. The van der Waals surface area contributed by atoms with Gasteiger partial charge in [-0.2, -0.15) is 0 Å². The van der Waals surface area contributed by atoms with Gasteiger partial charge in [-0.1, -0.05) is 6.07 Å². The summed E-state index contributed by atoms with van der Waals surface area (Å²) in [6, 6.07) is 8.01. The molecule has 0 aliphatic carbocycles. The summed E-state index contributed by atoms with van der Waals surface area (Å²) >= 11 is 0. The predicted octanol–water partition coefficient (Wildman–Crippen LogP) is 3.34. The monoisotopic (exact) mass is 331 g/mol. The van der Waals surface area contributed by atoms with Crippen LogP contribution in [0, 0.1) is 27.2 Å². The Morgan fingerprint density at radius 1 is 1.04 bits per heavy atom. The molecule has 0 fully saturated rings. The number of carbonyl (C=O) groups is 1. The zero-order valence-electron chi connectivity index (χ0n) is 12.8. The van der Waals surface area contributed by atoms with Crippen LogP contribution in [-0.4, -0.2) is 22.9 Å². The molecule has 0 spiro atoms. The van der Waals surface area contributed by atoms with Crippen LogP contribution in [0.5, 0.6) is 0 Å². The minimum atomic E-state index is -0.713. The van der Waals surface area contributed by atoms with Gasteiger partial charge < -0.3 is 10.1 Å². The first kappa shape index (κ1) is 16.9. The number of anilines is 2. The second kappa shape index (κ2) is 6.73. The van der Waals surface area contributed by atoms with Crippen LogP contribution in [0.3, 0.4) is 0 Å². The molecule has 0 aromatic heterocycles. The Bertz CT molecular complexity index is 834. The van der Waals surface area contributed by atoms with E-state index in [2.05, 4.69) is 10.1 Å². The lowest BCUT2D eigenvalue weighted by molar-refractivity contribution is -0.393. The lowest BCUT2D eigenvalue weighted by atomic mass is 10.1. The van der Waals surface area contributed by atoms with Crippen LogP contribution < -0.4 is 5.32 Å². The van der Waals surface area contributed by atoms with Crippen LogP contribution >= 0.6 is 0 Å². The van der Waals surface area contributed by atoms with Gasteiger partial charge in [0.25, 0.3) is 11.4 Å². The average molecular weight is 331 g/mol. The molecule has 9 nitrogen and oxygen atoms in total. The topological polar surface area (TPSA) is 125 Å². The third kappa shape index (κ3) is 3.46. The molecular formula is C15H13N3O6. The standard InChI is InChI=1S/C15H13N3O6/c1-9-3-4-10(15(19)24-2)7-13(9)16-12-6-5-11(17(20)21)8-14(12)18(22)23/h3-8,16H,1-2H3. The molecule has 2 aromatic carbocycles. The quantitative estimate of drug-likeness (QED) is 0.506. The molecule has 0 aliphatic heterocycles. The maximum atomic E-state index is 11.6. The van der Waals surface area contributed by atoms with E-state index in [1.807, 2.05) is 0 Å². The van der Waals surface area contributed by atoms with Crippen molar-refractivity contribution in [2.24, 2.45) is 0 Å². The number of nitrogens with zero attached hydrogens (tertiary/aromatic N) is 2. The SMILES string of the molecule is COC(=O)c1ccc(C)c(Nc2ccc([N+](=O)[O-])cc2[N+](=O)[O-])c1. The molecule has 2 aromatic rings. The van der Waals surface area contributed by atoms with E-state index in [4.69, 9.17) is 0 Å². The first-order chi connectivity index (χ1) is 11.3. The third-order valence-corrected chi connectivity index (χ3v) is 3.32. The number of ether oxygens (including phenoxy) is 1. The van der Waals surface area contributed by atoms with Gasteiger partial charge in [0.05, 0.1) is 28.6 Å². The van der Waals surface area contributed by atoms with Crippen molar-refractivity contribution in [1.29, 1.82) is 0 Å². The molecule has 2 rings (SSSR count). The first-order valence-electron chi connectivity index (χ1n) is 6.72. The minimum Gasteiger partial charge on any atom is -0.465 e. The Balaban J connectivity index is 2.46. The Hall–Kier alpha value is -3.49. The summed E-state index contributed by atoms with van der Waals surface area (Å²) in [7, 11) is 1.25. The zero-order valence-corrected chi connectivity index (χ0v) is 12.8. The fourth-order valence-electron chi connectivity index (χ4n) is 2.04. The molecule has 1 N–H and O–H groups in total. The highest BCUT2D eigenvalue weighted by Gasteiger charge is 2.20. The van der Waals surface area contributed by atoms with Crippen LogP contribution in [0.4, 0.5) is 22.7 Å². The van der Waals surface area contributed by atoms with Crippen LogP contribution in [0.25, 0.3) is 0 Å². The van der Waals surface area contributed by atoms with Gasteiger partial charge in [-0.05, 0) is 30.7 Å². The van der Waals surface area contributed by atoms with Gasteiger partial charge in [-0.3, -0.25) is 20.2 Å². The highest BCUT2D eigenvalue weighted by molar-refractivity contribution is 5.91. The molecular weight excluding hydrogens is 318 g/mol. The summed E-state index contributed by atoms with van der Waals surface area (Å²) in [6.07, 6.45) is 0. The van der Waals surface area contributed by atoms with Crippen LogP contribution in [-0.2, 0) is 4.74 Å². The number of hydrogen-bond donors (Lipinski definition) is 1. The molecule has 0 aliphatic rings. The minimum absolute atomic E-state index is 0.0794. The number of hydrogen-bond acceptors (Lipinski definition) is 7. The van der Waals surface area contributed by atoms with Gasteiger partial charge >= 0.3 is 5.97 Å². The molecule has 0 heterocycles. The Kier molecular flexibility index (Phi) is 4.73. The average Bonchev–Trinajstić information content (AvgIpc) is 2.56. The molecule has 0 unspecified atom stereocenters. The maximum absolute atomic E-state index is 11.6. The number of nitro groups is 2. The number of nitro benzene ring substituents is 2. The number of non-ortho nitro benzene ring substituents is 1. The van der Waals surface area contributed by atoms with Crippen molar-refractivity contribution < 1.29 is 19.4 Å². The van der Waals surface area contributed by atoms with Crippen LogP contribution in [0.2, 0.25) is 0 Å². The molecule has 0 saturated carbocycles. The third-order valence-electron chi connectivity index (χ3n) is 3.32. The molecule has 124 valence electrons. The lowest BCUT2D eigenvalue weighted by Gasteiger charge is -2.11. The molecule has 0 atom stereocenters. The van der Waals surface area contributed by atoms with E-state index in [-0.39, 0.29) is 16.9 Å². The van der Waals surface area contributed by atoms with E-state index in [0.29, 0.717) is 5.69 Å². The fourth-order valence-corrected chi connectivity index (χ4v) is 2.04. The normalized spacial score (nSPS) is 10.1. The van der Waals surface area contributed by atoms with Crippen molar-refractivity contribution in [3.05, 3.63) is 67.8 Å². The molecule has 24 heavy (non-hydrogen) atoms. The number of aryl methyl sites for hydroxylation is 1. The number of benzene rings is 2. The van der Waals surface area contributed by atoms with Crippen molar-refractivity contribution in [3.63, 3.8) is 0 Å². The summed E-state index contributed by atoms with van der Waals surface area (Å²) in [5.74, 6) is -0.545. The van der Waals surface area contributed by atoms with E-state index in [0.717, 1.165) is 17.7 Å². The summed E-state index contributed by atoms with van der Waals surface area (Å²) < 4.78 is 4.64. The van der Waals surface area contributed by atoms with Crippen molar-refractivity contribution in [2.45, 2.75) is 6.92 Å². The first-order valence-corrected chi connectivity index (χ1v) is 6.72. The number of esters is 1. The second-order valence-corrected chi connectivity index (χ2v) is 4.86. The molecule has 0 saturated heterocycles. The van der Waals surface area contributed by atoms with E-state index in [1.165, 1.54) is 19.2 Å². The van der Waals surface area contributed by atoms with E-state index < -0.39 is 21.5 Å². The zero-order chi connectivity index (χ0) is 17.9. The Morgan fingerprint density at radius 3 is 2.33 bits per heavy atom. The van der Waals surface area contributed by atoms with Gasteiger partial charge in [0.15, 0.2) is 0 Å². The smallest absolute Gasteiger partial charge is 0.337 e. The molecule has 9 heteroatoms. The fraction of sp³-hybridized carbons (Fsp3) is 0.133. The van der Waals surface area contributed by atoms with Crippen molar-refractivity contribution in [3.8, 4) is 0 Å². The van der Waals surface area contributed by atoms with Gasteiger partial charge in [0.1, 0.15) is 5.69 Å². The highest BCUT2D eigenvalue weighted by Crippen LogP contribution is 2.32. The second-order valence-electron chi connectivity index (χ2n) is 4.86. The van der Waals surface area contributed by atoms with Gasteiger partial charge in [-0.25, -0.2) is 4.79 Å². The van der Waals surface area contributed by atoms with Crippen molar-refractivity contribution in [2.75, 3.05) is 12.4 Å². The van der Waals surface area contributed by atoms with Gasteiger partial charge in [0, 0.05) is 11.8 Å². The van der Waals surface area contributed by atoms with Crippen LogP contribution in [0.15, 0.2) is 36.4 Å². The van der Waals surface area contributed by atoms with Crippen molar-refractivity contribution in [1.82, 2.24) is 0 Å². The number of rotatable bonds is 5. The van der Waals surface area contributed by atoms with E-state index in [9.17, 15) is 25.0 Å². The lowest BCUT2D eigenvalue weighted by Crippen LogP contribution is -2.04. The van der Waals surface area contributed by atoms with E-state index in [1.54, 1.807) is 19.1 Å². The molecule has 0 amide bonds. The Morgan fingerprint density at radius 2 is 1.75 bits per heavy atom. The summed E-state index contributed by atoms with van der Waals surface area (Å²) in [5.41, 5.74) is 0.718. The summed E-state index contributed by atoms with van der Waals surface area (Å²) in [6.45, 7) is 1.75. The van der Waals surface area contributed by atoms with Crippen molar-refractivity contribution >= 4 is 28.7 Å². The Labute approximate surface area is 136 Å². The predicted molar refractivity (Wildman–Crippen MR) is 85.6 cm³/mol. The highest BCUT2D eigenvalue weighted by atomic mass is 16.6. The molecule has 0 bridgehead atoms. The summed E-state index contributed by atoms with van der Waals surface area (Å²) in [4.78, 5) is 32.1.